The Labute approximate surface area is 251 Å². The van der Waals surface area contributed by atoms with Crippen LogP contribution in [0, 0.1) is 17.5 Å². The van der Waals surface area contributed by atoms with Crippen LogP contribution in [0.25, 0.3) is 11.3 Å². The fraction of sp³-hybridized carbons (Fsp3) is 0.259. The van der Waals surface area contributed by atoms with Crippen molar-refractivity contribution in [3.05, 3.63) is 83.7 Å². The minimum Gasteiger partial charge on any atom is -0.435 e. The average molecular weight is 658 g/mol. The van der Waals surface area contributed by atoms with Crippen molar-refractivity contribution in [1.29, 1.82) is 0 Å². The molecule has 45 heavy (non-hydrogen) atoms. The van der Waals surface area contributed by atoms with Gasteiger partial charge < -0.3 is 15.4 Å². The fourth-order valence-corrected chi connectivity index (χ4v) is 5.69. The van der Waals surface area contributed by atoms with Crippen LogP contribution in [0.5, 0.6) is 11.6 Å². The van der Waals surface area contributed by atoms with E-state index in [0.717, 1.165) is 18.3 Å². The predicted octanol–water partition coefficient (Wildman–Crippen LogP) is 5.22. The Bertz CT molecular complexity index is 1810. The van der Waals surface area contributed by atoms with Crippen molar-refractivity contribution in [3.63, 3.8) is 0 Å². The molecule has 0 saturated carbocycles. The van der Waals surface area contributed by atoms with Crippen LogP contribution in [0.4, 0.5) is 42.4 Å². The number of hydrogen-bond acceptors (Lipinski definition) is 9. The third-order valence-corrected chi connectivity index (χ3v) is 7.63. The Balaban J connectivity index is 1.38. The first-order chi connectivity index (χ1) is 21.3. The van der Waals surface area contributed by atoms with Gasteiger partial charge in [-0.05, 0) is 29.8 Å². The number of ether oxygens (including phenoxy) is 1. The number of alkyl halides is 4. The zero-order valence-corrected chi connectivity index (χ0v) is 23.6. The van der Waals surface area contributed by atoms with Gasteiger partial charge in [0.25, 0.3) is 0 Å². The molecule has 0 unspecified atom stereocenters. The molecule has 18 heteroatoms. The van der Waals surface area contributed by atoms with Crippen molar-refractivity contribution in [2.75, 3.05) is 23.1 Å². The summed E-state index contributed by atoms with van der Waals surface area (Å²) in [6.45, 7) is 0.699. The van der Waals surface area contributed by atoms with E-state index in [1.807, 2.05) is 0 Å². The summed E-state index contributed by atoms with van der Waals surface area (Å²) >= 11 is 0. The van der Waals surface area contributed by atoms with Gasteiger partial charge in [0.15, 0.2) is 17.4 Å². The van der Waals surface area contributed by atoms with E-state index in [1.54, 1.807) is 0 Å². The number of rotatable bonds is 9. The van der Waals surface area contributed by atoms with Crippen LogP contribution < -0.4 is 20.1 Å². The molecule has 3 N–H and O–H groups in total. The Morgan fingerprint density at radius 3 is 2.49 bits per heavy atom. The van der Waals surface area contributed by atoms with E-state index in [2.05, 4.69) is 30.6 Å². The molecule has 1 aliphatic heterocycles. The monoisotopic (exact) mass is 657 g/mol. The Morgan fingerprint density at radius 2 is 1.73 bits per heavy atom. The van der Waals surface area contributed by atoms with Gasteiger partial charge in [-0.25, -0.2) is 36.5 Å². The summed E-state index contributed by atoms with van der Waals surface area (Å²) in [5.74, 6) is -8.06. The quantitative estimate of drug-likeness (QED) is 0.164. The molecule has 238 valence electrons. The minimum atomic E-state index is -5.01. The SMILES string of the molecule is O=S(=O)(Cc1cccnc1C(F)(F)F)Nc1c(F)cc(Oc2ncccc2-c2ccnc(N[C@@H]3CNC[C@@H](F)C3)n2)c(F)c1F. The minimum absolute atomic E-state index is 0.136. The number of aromatic nitrogens is 4. The molecule has 4 aromatic rings. The number of piperidine rings is 1. The van der Waals surface area contributed by atoms with Gasteiger partial charge in [-0.15, -0.1) is 0 Å². The normalized spacial score (nSPS) is 17.1. The van der Waals surface area contributed by atoms with Gasteiger partial charge in [-0.1, -0.05) is 6.07 Å². The van der Waals surface area contributed by atoms with Gasteiger partial charge in [-0.2, -0.15) is 17.6 Å². The molecule has 10 nitrogen and oxygen atoms in total. The standard InChI is InChI=1S/C27H22F7N7O3S/c28-15-9-16(12-35-11-15)39-26-38-8-5-19(40-26)17-4-2-7-37-25(17)44-20-10-18(29)23(22(31)21(20)30)41-45(42,43)13-14-3-1-6-36-24(14)27(32,33)34/h1-8,10,15-16,35,41H,9,11-13H2,(H,38,39,40)/t15-,16-/m0/s1. The van der Waals surface area contributed by atoms with Crippen LogP contribution in [-0.2, 0) is 22.0 Å². The predicted molar refractivity (Wildman–Crippen MR) is 147 cm³/mol. The molecule has 0 bridgehead atoms. The molecular weight excluding hydrogens is 635 g/mol. The molecule has 0 spiro atoms. The molecule has 4 heterocycles. The number of anilines is 2. The number of nitrogens with zero attached hydrogens (tertiary/aromatic N) is 4. The summed E-state index contributed by atoms with van der Waals surface area (Å²) in [7, 11) is -4.90. The lowest BCUT2D eigenvalue weighted by atomic mass is 10.1. The smallest absolute Gasteiger partial charge is 0.433 e. The molecule has 0 radical (unpaired) electrons. The molecule has 2 atom stereocenters. The second-order valence-corrected chi connectivity index (χ2v) is 11.5. The van der Waals surface area contributed by atoms with E-state index in [-0.39, 0.29) is 42.1 Å². The summed E-state index contributed by atoms with van der Waals surface area (Å²) in [5, 5.41) is 5.94. The van der Waals surface area contributed by atoms with E-state index < -0.39 is 68.3 Å². The van der Waals surface area contributed by atoms with E-state index >= 15 is 4.39 Å². The number of benzene rings is 1. The Morgan fingerprint density at radius 1 is 0.978 bits per heavy atom. The number of hydrogen-bond donors (Lipinski definition) is 3. The maximum absolute atomic E-state index is 15.1. The van der Waals surface area contributed by atoms with Crippen LogP contribution in [0.3, 0.4) is 0 Å². The first-order valence-corrected chi connectivity index (χ1v) is 14.7. The molecule has 0 amide bonds. The van der Waals surface area contributed by atoms with Crippen molar-refractivity contribution in [2.24, 2.45) is 0 Å². The van der Waals surface area contributed by atoms with Gasteiger partial charge in [0.1, 0.15) is 17.6 Å². The molecule has 1 aromatic carbocycles. The molecule has 3 aromatic heterocycles. The van der Waals surface area contributed by atoms with Gasteiger partial charge in [0.05, 0.1) is 17.0 Å². The number of halogens is 7. The third kappa shape index (κ3) is 7.56. The summed E-state index contributed by atoms with van der Waals surface area (Å²) in [5.41, 5.74) is -3.43. The summed E-state index contributed by atoms with van der Waals surface area (Å²) in [6, 6.07) is 6.32. The highest BCUT2D eigenvalue weighted by molar-refractivity contribution is 7.91. The first kappa shape index (κ1) is 31.8. The topological polar surface area (TPSA) is 131 Å². The second kappa shape index (κ2) is 12.8. The van der Waals surface area contributed by atoms with Crippen LogP contribution in [0.15, 0.2) is 55.0 Å². The highest BCUT2D eigenvalue weighted by Crippen LogP contribution is 2.36. The van der Waals surface area contributed by atoms with Crippen LogP contribution in [-0.4, -0.2) is 53.7 Å². The summed E-state index contributed by atoms with van der Waals surface area (Å²) in [6.07, 6.45) is -2.41. The van der Waals surface area contributed by atoms with Crippen molar-refractivity contribution < 1.29 is 43.9 Å². The lowest BCUT2D eigenvalue weighted by Gasteiger charge is -2.26. The third-order valence-electron chi connectivity index (χ3n) is 6.43. The molecule has 1 aliphatic rings. The van der Waals surface area contributed by atoms with E-state index in [9.17, 15) is 34.8 Å². The van der Waals surface area contributed by atoms with Crippen LogP contribution >= 0.6 is 0 Å². The summed E-state index contributed by atoms with van der Waals surface area (Å²) in [4.78, 5) is 15.6. The lowest BCUT2D eigenvalue weighted by Crippen LogP contribution is -2.44. The maximum Gasteiger partial charge on any atom is 0.433 e. The van der Waals surface area contributed by atoms with Gasteiger partial charge >= 0.3 is 6.18 Å². The first-order valence-electron chi connectivity index (χ1n) is 13.1. The zero-order valence-electron chi connectivity index (χ0n) is 22.7. The largest absolute Gasteiger partial charge is 0.435 e. The Hall–Kier alpha value is -4.58. The number of pyridine rings is 2. The van der Waals surface area contributed by atoms with E-state index in [4.69, 9.17) is 4.74 Å². The number of nitrogens with one attached hydrogen (secondary N) is 3. The molecule has 5 rings (SSSR count). The average Bonchev–Trinajstić information content (AvgIpc) is 2.98. The molecule has 1 fully saturated rings. The lowest BCUT2D eigenvalue weighted by molar-refractivity contribution is -0.141. The molecular formula is C27H22F7N7O3S. The molecule has 0 aliphatic carbocycles. The fourth-order valence-electron chi connectivity index (χ4n) is 4.48. The highest BCUT2D eigenvalue weighted by atomic mass is 32.2. The van der Waals surface area contributed by atoms with Crippen molar-refractivity contribution in [1.82, 2.24) is 25.3 Å². The van der Waals surface area contributed by atoms with Crippen molar-refractivity contribution in [3.8, 4) is 22.9 Å². The van der Waals surface area contributed by atoms with Crippen molar-refractivity contribution >= 4 is 21.7 Å². The van der Waals surface area contributed by atoms with Crippen molar-refractivity contribution in [2.45, 2.75) is 30.6 Å². The maximum atomic E-state index is 15.1. The van der Waals surface area contributed by atoms with Gasteiger partial charge in [-0.3, -0.25) is 9.71 Å². The zero-order chi connectivity index (χ0) is 32.4. The van der Waals surface area contributed by atoms with Gasteiger partial charge in [0.2, 0.25) is 27.7 Å². The van der Waals surface area contributed by atoms with Crippen LogP contribution in [0.2, 0.25) is 0 Å². The highest BCUT2D eigenvalue weighted by Gasteiger charge is 2.36. The molecule has 1 saturated heterocycles. The number of sulfonamides is 1. The van der Waals surface area contributed by atoms with Gasteiger partial charge in [0, 0.05) is 50.2 Å². The van der Waals surface area contributed by atoms with E-state index in [1.165, 1.54) is 35.3 Å². The second-order valence-electron chi connectivity index (χ2n) is 9.79. The Kier molecular flexibility index (Phi) is 9.06. The summed E-state index contributed by atoms with van der Waals surface area (Å²) < 4.78 is 130. The van der Waals surface area contributed by atoms with E-state index in [0.29, 0.717) is 12.6 Å². The van der Waals surface area contributed by atoms with Crippen LogP contribution in [0.1, 0.15) is 17.7 Å².